The Kier molecular flexibility index (Phi) is 5.62. The van der Waals surface area contributed by atoms with E-state index in [0.717, 1.165) is 4.90 Å². The minimum Gasteiger partial charge on any atom is -0.480 e. The maximum absolute atomic E-state index is 12.5. The van der Waals surface area contributed by atoms with Crippen LogP contribution in [0.25, 0.3) is 0 Å². The zero-order valence-electron chi connectivity index (χ0n) is 12.9. The monoisotopic (exact) mass is 338 g/mol. The van der Waals surface area contributed by atoms with Gasteiger partial charge in [-0.15, -0.1) is 11.8 Å². The normalized spacial score (nSPS) is 16.4. The molecule has 7 nitrogen and oxygen atoms in total. The summed E-state index contributed by atoms with van der Waals surface area (Å²) in [6.45, 7) is 1.82. The molecular weight excluding hydrogens is 320 g/mol. The zero-order valence-corrected chi connectivity index (χ0v) is 13.7. The van der Waals surface area contributed by atoms with Crippen LogP contribution < -0.4 is 5.32 Å². The van der Waals surface area contributed by atoms with E-state index in [1.807, 2.05) is 0 Å². The van der Waals surface area contributed by atoms with Gasteiger partial charge in [0.2, 0.25) is 5.91 Å². The van der Waals surface area contributed by atoms with E-state index < -0.39 is 18.4 Å². The fourth-order valence-corrected chi connectivity index (χ4v) is 3.07. The smallest absolute Gasteiger partial charge is 0.323 e. The van der Waals surface area contributed by atoms with Gasteiger partial charge in [0.1, 0.15) is 6.54 Å². The Morgan fingerprint density at radius 3 is 2.83 bits per heavy atom. The van der Waals surface area contributed by atoms with E-state index in [4.69, 9.17) is 9.84 Å². The first-order valence-electron chi connectivity index (χ1n) is 7.04. The Bertz CT molecular complexity index is 634. The summed E-state index contributed by atoms with van der Waals surface area (Å²) in [7, 11) is 1.48. The van der Waals surface area contributed by atoms with Gasteiger partial charge in [0.25, 0.3) is 5.91 Å². The number of nitrogens with zero attached hydrogens (tertiary/aromatic N) is 1. The summed E-state index contributed by atoms with van der Waals surface area (Å²) in [5.41, 5.74) is 0.905. The number of rotatable bonds is 6. The fourth-order valence-electron chi connectivity index (χ4n) is 2.14. The number of thioether (sulfide) groups is 1. The van der Waals surface area contributed by atoms with E-state index in [0.29, 0.717) is 11.3 Å². The lowest BCUT2D eigenvalue weighted by Gasteiger charge is -2.24. The number of carboxylic acid groups (broad SMARTS) is 1. The molecule has 0 saturated heterocycles. The van der Waals surface area contributed by atoms with Crippen LogP contribution in [-0.2, 0) is 14.3 Å². The Balaban J connectivity index is 2.22. The van der Waals surface area contributed by atoms with Gasteiger partial charge in [-0.1, -0.05) is 0 Å². The summed E-state index contributed by atoms with van der Waals surface area (Å²) in [6.07, 6.45) is 0. The molecule has 0 aromatic heterocycles. The summed E-state index contributed by atoms with van der Waals surface area (Å²) in [5, 5.41) is 11.5. The number of hydrogen-bond donors (Lipinski definition) is 2. The van der Waals surface area contributed by atoms with Crippen molar-refractivity contribution in [2.45, 2.75) is 17.1 Å². The van der Waals surface area contributed by atoms with Crippen molar-refractivity contribution in [3.05, 3.63) is 23.8 Å². The maximum atomic E-state index is 12.5. The molecule has 1 aromatic rings. The molecule has 0 bridgehead atoms. The van der Waals surface area contributed by atoms with Gasteiger partial charge < -0.3 is 20.1 Å². The summed E-state index contributed by atoms with van der Waals surface area (Å²) in [6, 6.07) is 4.98. The third-order valence-electron chi connectivity index (χ3n) is 3.34. The van der Waals surface area contributed by atoms with Gasteiger partial charge in [-0.2, -0.15) is 0 Å². The number of aliphatic carboxylic acids is 1. The van der Waals surface area contributed by atoms with Crippen LogP contribution in [-0.4, -0.2) is 59.8 Å². The molecule has 0 radical (unpaired) electrons. The zero-order chi connectivity index (χ0) is 17.0. The lowest BCUT2D eigenvalue weighted by molar-refractivity contribution is -0.137. The molecule has 1 heterocycles. The van der Waals surface area contributed by atoms with Crippen LogP contribution in [0.15, 0.2) is 23.1 Å². The van der Waals surface area contributed by atoms with Gasteiger partial charge in [-0.05, 0) is 25.1 Å². The van der Waals surface area contributed by atoms with Crippen molar-refractivity contribution in [3.63, 3.8) is 0 Å². The second-order valence-electron chi connectivity index (χ2n) is 5.07. The number of amides is 2. The number of ether oxygens (including phenoxy) is 1. The van der Waals surface area contributed by atoms with Gasteiger partial charge >= 0.3 is 5.97 Å². The minimum atomic E-state index is -1.09. The number of carbonyl (C=O) groups is 3. The Hall–Kier alpha value is -2.06. The lowest BCUT2D eigenvalue weighted by Crippen LogP contribution is -2.38. The third-order valence-corrected chi connectivity index (χ3v) is 4.51. The lowest BCUT2D eigenvalue weighted by atomic mass is 10.1. The molecule has 1 aromatic carbocycles. The van der Waals surface area contributed by atoms with E-state index in [-0.39, 0.29) is 24.3 Å². The van der Waals surface area contributed by atoms with E-state index in [2.05, 4.69) is 5.32 Å². The summed E-state index contributed by atoms with van der Waals surface area (Å²) in [5.74, 6) is -1.62. The third kappa shape index (κ3) is 4.23. The molecule has 1 atom stereocenters. The molecule has 0 spiro atoms. The van der Waals surface area contributed by atoms with Crippen molar-refractivity contribution in [2.75, 3.05) is 32.1 Å². The molecule has 0 unspecified atom stereocenters. The molecule has 2 amide bonds. The molecule has 0 fully saturated rings. The van der Waals surface area contributed by atoms with E-state index >= 15 is 0 Å². The number of carboxylic acids is 1. The molecule has 23 heavy (non-hydrogen) atoms. The second kappa shape index (κ2) is 7.47. The first-order chi connectivity index (χ1) is 10.9. The highest BCUT2D eigenvalue weighted by atomic mass is 32.2. The summed E-state index contributed by atoms with van der Waals surface area (Å²) < 4.78 is 4.91. The predicted molar refractivity (Wildman–Crippen MR) is 85.8 cm³/mol. The number of nitrogens with one attached hydrogen (secondary N) is 1. The van der Waals surface area contributed by atoms with Crippen molar-refractivity contribution in [3.8, 4) is 0 Å². The SMILES string of the molecule is COCCN(CC(=O)O)C(=O)c1ccc2c(c1)NC(=O)[C@H](C)S2. The van der Waals surface area contributed by atoms with Crippen molar-refractivity contribution in [2.24, 2.45) is 0 Å². The van der Waals surface area contributed by atoms with E-state index in [9.17, 15) is 14.4 Å². The van der Waals surface area contributed by atoms with Gasteiger partial charge in [-0.3, -0.25) is 14.4 Å². The van der Waals surface area contributed by atoms with Gasteiger partial charge in [0, 0.05) is 24.1 Å². The fraction of sp³-hybridized carbons (Fsp3) is 0.400. The van der Waals surface area contributed by atoms with E-state index in [1.165, 1.54) is 23.8 Å². The number of hydrogen-bond acceptors (Lipinski definition) is 5. The predicted octanol–water partition coefficient (Wildman–Crippen LogP) is 1.29. The topological polar surface area (TPSA) is 95.9 Å². The number of anilines is 1. The van der Waals surface area contributed by atoms with Crippen LogP contribution in [0.2, 0.25) is 0 Å². The van der Waals surface area contributed by atoms with Gasteiger partial charge in [0.15, 0.2) is 0 Å². The summed E-state index contributed by atoms with van der Waals surface area (Å²) >= 11 is 1.42. The Morgan fingerprint density at radius 1 is 1.43 bits per heavy atom. The van der Waals surface area contributed by atoms with Gasteiger partial charge in [0.05, 0.1) is 17.5 Å². The largest absolute Gasteiger partial charge is 0.480 e. The number of methoxy groups -OCH3 is 1. The highest BCUT2D eigenvalue weighted by Gasteiger charge is 2.25. The van der Waals surface area contributed by atoms with E-state index in [1.54, 1.807) is 25.1 Å². The quantitative estimate of drug-likeness (QED) is 0.811. The number of fused-ring (bicyclic) bond motifs is 1. The molecule has 8 heteroatoms. The molecule has 2 N–H and O–H groups in total. The molecule has 1 aliphatic rings. The molecule has 124 valence electrons. The maximum Gasteiger partial charge on any atom is 0.323 e. The number of carbonyl (C=O) groups excluding carboxylic acids is 2. The molecular formula is C15H18N2O5S. The first-order valence-corrected chi connectivity index (χ1v) is 7.92. The van der Waals surface area contributed by atoms with Crippen LogP contribution in [0.5, 0.6) is 0 Å². The highest BCUT2D eigenvalue weighted by molar-refractivity contribution is 8.00. The molecule has 1 aliphatic heterocycles. The molecule has 2 rings (SSSR count). The van der Waals surface area contributed by atoms with Crippen molar-refractivity contribution in [1.82, 2.24) is 4.90 Å². The average Bonchev–Trinajstić information content (AvgIpc) is 2.51. The Morgan fingerprint density at radius 2 is 2.17 bits per heavy atom. The summed E-state index contributed by atoms with van der Waals surface area (Å²) in [4.78, 5) is 37.3. The first kappa shape index (κ1) is 17.3. The molecule has 0 saturated carbocycles. The molecule has 0 aliphatic carbocycles. The van der Waals surface area contributed by atoms with Crippen molar-refractivity contribution >= 4 is 35.2 Å². The van der Waals surface area contributed by atoms with Crippen LogP contribution in [0.3, 0.4) is 0 Å². The highest BCUT2D eigenvalue weighted by Crippen LogP contribution is 2.36. The number of benzene rings is 1. The standard InChI is InChI=1S/C15H18N2O5S/c1-9-14(20)16-11-7-10(3-4-12(11)23-9)15(21)17(5-6-22-2)8-13(18)19/h3-4,7,9H,5-6,8H2,1-2H3,(H,16,20)(H,18,19)/t9-/m0/s1. The Labute approximate surface area is 138 Å². The average molecular weight is 338 g/mol. The second-order valence-corrected chi connectivity index (χ2v) is 6.46. The minimum absolute atomic E-state index is 0.117. The van der Waals surface area contributed by atoms with Gasteiger partial charge in [-0.25, -0.2) is 0 Å². The van der Waals surface area contributed by atoms with Crippen LogP contribution in [0, 0.1) is 0 Å². The van der Waals surface area contributed by atoms with Crippen LogP contribution in [0.1, 0.15) is 17.3 Å². The van der Waals surface area contributed by atoms with Crippen molar-refractivity contribution in [1.29, 1.82) is 0 Å². The van der Waals surface area contributed by atoms with Crippen LogP contribution in [0.4, 0.5) is 5.69 Å². The van der Waals surface area contributed by atoms with Crippen LogP contribution >= 0.6 is 11.8 Å². The van der Waals surface area contributed by atoms with Crippen molar-refractivity contribution < 1.29 is 24.2 Å².